The Labute approximate surface area is 428 Å². The number of carboxylic acids is 4. The number of carbonyl (C=O) groups excluding carboxylic acids is 4. The zero-order valence-corrected chi connectivity index (χ0v) is 40.8. The molecule has 392 valence electrons. The SMILES string of the molecule is O=C(O)CCC(NC(=O)NC(CCC(=O)NCCNC(=O)[C@H](Cc1ccccc1)NC(=O)CCCCCCCNC(=S)Nc1ccc(-c2c3ccc(=O)cc-3oc3cc(O)ccc23)c(C(=O)O)c1)C(=O)O)C(=O)O. The second kappa shape index (κ2) is 27.9. The maximum atomic E-state index is 13.3. The molecule has 12 N–H and O–H groups in total. The van der Waals surface area contributed by atoms with Crippen LogP contribution in [0.1, 0.15) is 80.1 Å². The maximum absolute atomic E-state index is 13.3. The number of unbranched alkanes of at least 4 members (excludes halogenated alkanes) is 4. The summed E-state index contributed by atoms with van der Waals surface area (Å²) in [5.74, 6) is -6.73. The summed E-state index contributed by atoms with van der Waals surface area (Å²) >= 11 is 5.49. The van der Waals surface area contributed by atoms with E-state index in [0.29, 0.717) is 40.7 Å². The summed E-state index contributed by atoms with van der Waals surface area (Å²) in [7, 11) is 0. The number of anilines is 1. The third-order valence-electron chi connectivity index (χ3n) is 11.5. The number of urea groups is 1. The molecule has 5 rings (SSSR count). The Morgan fingerprint density at radius 2 is 1.27 bits per heavy atom. The Morgan fingerprint density at radius 1 is 0.608 bits per heavy atom. The minimum absolute atomic E-state index is 0.0298. The van der Waals surface area contributed by atoms with E-state index >= 15 is 0 Å². The van der Waals surface area contributed by atoms with E-state index in [1.165, 1.54) is 30.3 Å². The molecule has 3 aromatic carbocycles. The third kappa shape index (κ3) is 17.6. The number of nitrogens with one attached hydrogen (secondary N) is 7. The number of aliphatic carboxylic acids is 3. The highest BCUT2D eigenvalue weighted by Gasteiger charge is 2.27. The van der Waals surface area contributed by atoms with Crippen LogP contribution in [0, 0.1) is 0 Å². The van der Waals surface area contributed by atoms with Crippen molar-refractivity contribution in [2.45, 2.75) is 88.8 Å². The van der Waals surface area contributed by atoms with Crippen LogP contribution in [-0.4, -0.2) is 116 Å². The fourth-order valence-electron chi connectivity index (χ4n) is 7.83. The van der Waals surface area contributed by atoms with Gasteiger partial charge in [0, 0.05) is 79.7 Å². The van der Waals surface area contributed by atoms with Crippen molar-refractivity contribution >= 4 is 81.6 Å². The summed E-state index contributed by atoms with van der Waals surface area (Å²) < 4.78 is 5.90. The highest BCUT2D eigenvalue weighted by atomic mass is 32.1. The van der Waals surface area contributed by atoms with Crippen LogP contribution in [0.25, 0.3) is 33.4 Å². The van der Waals surface area contributed by atoms with Gasteiger partial charge in [0.2, 0.25) is 17.7 Å². The van der Waals surface area contributed by atoms with Gasteiger partial charge in [-0.2, -0.15) is 0 Å². The van der Waals surface area contributed by atoms with Crippen LogP contribution in [0.15, 0.2) is 94.1 Å². The van der Waals surface area contributed by atoms with Gasteiger partial charge in [-0.15, -0.1) is 0 Å². The smallest absolute Gasteiger partial charge is 0.336 e. The first kappa shape index (κ1) is 56.3. The zero-order chi connectivity index (χ0) is 53.7. The highest BCUT2D eigenvalue weighted by molar-refractivity contribution is 7.80. The molecule has 1 heterocycles. The van der Waals surface area contributed by atoms with Gasteiger partial charge in [0.1, 0.15) is 35.2 Å². The third-order valence-corrected chi connectivity index (χ3v) is 11.8. The van der Waals surface area contributed by atoms with Crippen molar-refractivity contribution in [2.24, 2.45) is 0 Å². The van der Waals surface area contributed by atoms with Crippen molar-refractivity contribution in [3.63, 3.8) is 0 Å². The van der Waals surface area contributed by atoms with Gasteiger partial charge in [0.15, 0.2) is 10.5 Å². The number of hydrogen-bond acceptors (Lipinski definition) is 12. The number of amides is 5. The molecule has 74 heavy (non-hydrogen) atoms. The predicted molar refractivity (Wildman–Crippen MR) is 274 cm³/mol. The summed E-state index contributed by atoms with van der Waals surface area (Å²) in [4.78, 5) is 110. The van der Waals surface area contributed by atoms with Crippen molar-refractivity contribution in [3.8, 4) is 28.2 Å². The number of aromatic carboxylic acids is 1. The minimum Gasteiger partial charge on any atom is -0.508 e. The summed E-state index contributed by atoms with van der Waals surface area (Å²) in [5.41, 5.74) is 2.58. The molecule has 0 radical (unpaired) electrons. The van der Waals surface area contributed by atoms with E-state index in [1.54, 1.807) is 36.4 Å². The Hall–Kier alpha value is -8.60. The molecule has 3 aromatic rings. The van der Waals surface area contributed by atoms with Gasteiger partial charge in [0.05, 0.1) is 5.56 Å². The van der Waals surface area contributed by atoms with Gasteiger partial charge < -0.3 is 67.2 Å². The van der Waals surface area contributed by atoms with E-state index in [1.807, 2.05) is 23.5 Å². The van der Waals surface area contributed by atoms with Gasteiger partial charge in [0.25, 0.3) is 0 Å². The summed E-state index contributed by atoms with van der Waals surface area (Å²) in [6, 6.07) is 17.3. The van der Waals surface area contributed by atoms with E-state index in [9.17, 15) is 63.6 Å². The van der Waals surface area contributed by atoms with E-state index in [4.69, 9.17) is 21.7 Å². The van der Waals surface area contributed by atoms with Gasteiger partial charge in [-0.05, 0) is 85.4 Å². The van der Waals surface area contributed by atoms with Crippen LogP contribution in [0.3, 0.4) is 0 Å². The van der Waals surface area contributed by atoms with E-state index < -0.39 is 72.7 Å². The van der Waals surface area contributed by atoms with Crippen LogP contribution in [0.2, 0.25) is 0 Å². The second-order valence-electron chi connectivity index (χ2n) is 17.1. The van der Waals surface area contributed by atoms with Crippen molar-refractivity contribution < 1.29 is 68.3 Å². The van der Waals surface area contributed by atoms with Crippen LogP contribution in [0.5, 0.6) is 5.75 Å². The summed E-state index contributed by atoms with van der Waals surface area (Å²) in [6.07, 6.45) is 2.35. The molecule has 0 spiro atoms. The lowest BCUT2D eigenvalue weighted by atomic mass is 9.90. The lowest BCUT2D eigenvalue weighted by molar-refractivity contribution is -0.141. The van der Waals surface area contributed by atoms with Crippen LogP contribution in [-0.2, 0) is 35.2 Å². The average Bonchev–Trinajstić information content (AvgIpc) is 3.35. The number of phenolic OH excluding ortho intramolecular Hbond substituents is 1. The molecule has 0 saturated carbocycles. The van der Waals surface area contributed by atoms with E-state index in [0.717, 1.165) is 31.2 Å². The van der Waals surface area contributed by atoms with Crippen molar-refractivity contribution in [1.29, 1.82) is 0 Å². The largest absolute Gasteiger partial charge is 0.508 e. The Morgan fingerprint density at radius 3 is 1.96 bits per heavy atom. The quantitative estimate of drug-likeness (QED) is 0.0187. The van der Waals surface area contributed by atoms with E-state index in [-0.39, 0.29) is 77.9 Å². The molecule has 0 saturated heterocycles. The number of aromatic hydroxyl groups is 1. The number of benzene rings is 4. The highest BCUT2D eigenvalue weighted by Crippen LogP contribution is 2.42. The molecule has 0 bridgehead atoms. The molecule has 22 nitrogen and oxygen atoms in total. The molecule has 1 aliphatic carbocycles. The van der Waals surface area contributed by atoms with Gasteiger partial charge in [-0.25, -0.2) is 19.2 Å². The molecule has 2 unspecified atom stereocenters. The molecule has 23 heteroatoms. The van der Waals surface area contributed by atoms with Crippen LogP contribution < -0.4 is 42.6 Å². The first-order chi connectivity index (χ1) is 35.4. The molecule has 2 aliphatic rings. The molecule has 1 aliphatic heterocycles. The molecule has 0 aromatic heterocycles. The topological polar surface area (TPSA) is 352 Å². The Bertz CT molecular complexity index is 2880. The molecular formula is C51H57N7O15S. The number of carbonyl (C=O) groups is 8. The monoisotopic (exact) mass is 1040 g/mol. The van der Waals surface area contributed by atoms with Crippen LogP contribution >= 0.6 is 12.2 Å². The lowest BCUT2D eigenvalue weighted by Gasteiger charge is -2.19. The fraction of sp³-hybridized carbons (Fsp3) is 0.333. The Balaban J connectivity index is 1.01. The van der Waals surface area contributed by atoms with E-state index in [2.05, 4.69) is 31.9 Å². The predicted octanol–water partition coefficient (Wildman–Crippen LogP) is 4.41. The van der Waals surface area contributed by atoms with Crippen molar-refractivity contribution in [1.82, 2.24) is 31.9 Å². The molecule has 0 fully saturated rings. The number of fused-ring (bicyclic) bond motifs is 2. The average molecular weight is 1040 g/mol. The maximum Gasteiger partial charge on any atom is 0.336 e. The summed E-state index contributed by atoms with van der Waals surface area (Å²) in [6.45, 7) is 0.448. The second-order valence-corrected chi connectivity index (χ2v) is 17.5. The number of phenols is 1. The van der Waals surface area contributed by atoms with Gasteiger partial charge >= 0.3 is 29.9 Å². The fourth-order valence-corrected chi connectivity index (χ4v) is 8.05. The standard InChI is InChI=1S/C51H57N7O15S/c59-31-13-16-34-40(27-31)73-41-28-32(60)14-17-35(41)45(34)33-15-12-30(26-36(33)47(66)67)55-51(74)54-22-8-3-1-2-7-11-43(62)56-39(25-29-9-5-4-6-10-29)46(65)53-24-23-52-42(61)20-18-37(48(68)69)57-50(72)58-38(49(70)71)19-21-44(63)64/h4-6,9-10,12-17,26-28,37-39,59H,1-3,7-8,11,18-25H2,(H,52,61)(H,53,65)(H,56,62)(H,63,64)(H,66,67)(H,68,69)(H,70,71)(H2,54,55,74)(H2,57,58,72)/t37?,38?,39-/m0/s1. The zero-order valence-electron chi connectivity index (χ0n) is 39.9. The number of thiocarbonyl (C=S) groups is 1. The number of hydrogen-bond donors (Lipinski definition) is 12. The van der Waals surface area contributed by atoms with Crippen LogP contribution in [0.4, 0.5) is 10.5 Å². The number of rotatable bonds is 28. The lowest BCUT2D eigenvalue weighted by Crippen LogP contribution is -2.51. The van der Waals surface area contributed by atoms with Crippen molar-refractivity contribution in [2.75, 3.05) is 25.0 Å². The first-order valence-electron chi connectivity index (χ1n) is 23.6. The molecule has 5 amide bonds. The van der Waals surface area contributed by atoms with Gasteiger partial charge in [-0.3, -0.25) is 24.0 Å². The van der Waals surface area contributed by atoms with Crippen molar-refractivity contribution in [3.05, 3.63) is 106 Å². The normalized spacial score (nSPS) is 12.1. The first-order valence-corrected chi connectivity index (χ1v) is 24.0. The number of carboxylic acid groups (broad SMARTS) is 4. The molecule has 3 atom stereocenters. The minimum atomic E-state index is -1.59. The van der Waals surface area contributed by atoms with Gasteiger partial charge in [-0.1, -0.05) is 55.7 Å². The summed E-state index contributed by atoms with van der Waals surface area (Å²) in [5, 5.41) is 67.0. The Kier molecular flexibility index (Phi) is 21.2. The molecular weight excluding hydrogens is 983 g/mol.